The van der Waals surface area contributed by atoms with Crippen molar-refractivity contribution in [2.45, 2.75) is 13.3 Å². The summed E-state index contributed by atoms with van der Waals surface area (Å²) in [6.45, 7) is 1.54. The first kappa shape index (κ1) is 14.0. The molecular formula is C12H14O6. The van der Waals surface area contributed by atoms with E-state index in [2.05, 4.69) is 0 Å². The number of aromatic hydroxyl groups is 1. The smallest absolute Gasteiger partial charge is 0.338 e. The lowest BCUT2D eigenvalue weighted by Gasteiger charge is -2.07. The molecule has 0 aliphatic rings. The predicted molar refractivity (Wildman–Crippen MR) is 61.4 cm³/mol. The summed E-state index contributed by atoms with van der Waals surface area (Å²) in [7, 11) is 0. The van der Waals surface area contributed by atoms with Crippen LogP contribution in [0.4, 0.5) is 0 Å². The molecule has 0 saturated heterocycles. The summed E-state index contributed by atoms with van der Waals surface area (Å²) in [6.07, 6.45) is -0.191. The molecule has 6 nitrogen and oxygen atoms in total. The van der Waals surface area contributed by atoms with E-state index in [1.165, 1.54) is 18.2 Å². The summed E-state index contributed by atoms with van der Waals surface area (Å²) in [4.78, 5) is 22.6. The number of carbonyl (C=O) groups excluding carboxylic acids is 2. The molecule has 0 aliphatic carbocycles. The van der Waals surface area contributed by atoms with E-state index in [4.69, 9.17) is 14.6 Å². The monoisotopic (exact) mass is 254 g/mol. The van der Waals surface area contributed by atoms with Gasteiger partial charge in [0.1, 0.15) is 0 Å². The third kappa shape index (κ3) is 3.74. The van der Waals surface area contributed by atoms with Gasteiger partial charge in [0.25, 0.3) is 0 Å². The van der Waals surface area contributed by atoms with Crippen molar-refractivity contribution >= 4 is 11.9 Å². The van der Waals surface area contributed by atoms with E-state index in [-0.39, 0.29) is 36.7 Å². The van der Waals surface area contributed by atoms with Crippen molar-refractivity contribution in [1.29, 1.82) is 0 Å². The summed E-state index contributed by atoms with van der Waals surface area (Å²) in [5.41, 5.74) is 0.168. The van der Waals surface area contributed by atoms with Crippen molar-refractivity contribution in [1.82, 2.24) is 0 Å². The molecule has 0 unspecified atom stereocenters. The van der Waals surface area contributed by atoms with Crippen molar-refractivity contribution in [3.8, 4) is 11.5 Å². The molecule has 0 aromatic heterocycles. The molecule has 98 valence electrons. The molecular weight excluding hydrogens is 240 g/mol. The first-order valence-corrected chi connectivity index (χ1v) is 5.40. The van der Waals surface area contributed by atoms with Gasteiger partial charge in [-0.2, -0.15) is 0 Å². The van der Waals surface area contributed by atoms with E-state index in [9.17, 15) is 14.7 Å². The molecule has 0 saturated carbocycles. The van der Waals surface area contributed by atoms with Crippen molar-refractivity contribution in [2.75, 3.05) is 13.2 Å². The third-order valence-corrected chi connectivity index (χ3v) is 2.01. The normalized spacial score (nSPS) is 9.89. The van der Waals surface area contributed by atoms with Crippen molar-refractivity contribution in [3.63, 3.8) is 0 Å². The highest BCUT2D eigenvalue weighted by Crippen LogP contribution is 2.27. The Kier molecular flexibility index (Phi) is 5.13. The number of carbonyl (C=O) groups is 2. The van der Waals surface area contributed by atoms with Crippen LogP contribution in [0.15, 0.2) is 18.2 Å². The van der Waals surface area contributed by atoms with Crippen LogP contribution in [-0.2, 0) is 9.53 Å². The lowest BCUT2D eigenvalue weighted by Crippen LogP contribution is -2.11. The topological polar surface area (TPSA) is 93.1 Å². The van der Waals surface area contributed by atoms with Crippen molar-refractivity contribution in [3.05, 3.63) is 23.8 Å². The van der Waals surface area contributed by atoms with Gasteiger partial charge in [0.2, 0.25) is 0 Å². The Labute approximate surface area is 104 Å². The second-order valence-corrected chi connectivity index (χ2v) is 3.35. The summed E-state index contributed by atoms with van der Waals surface area (Å²) in [6, 6.07) is 3.80. The number of aliphatic hydroxyl groups excluding tert-OH is 1. The Morgan fingerprint density at radius 2 is 2.06 bits per heavy atom. The molecule has 2 N–H and O–H groups in total. The number of rotatable bonds is 5. The van der Waals surface area contributed by atoms with Crippen molar-refractivity contribution < 1.29 is 29.3 Å². The van der Waals surface area contributed by atoms with Gasteiger partial charge in [-0.05, 0) is 25.1 Å². The van der Waals surface area contributed by atoms with Crippen LogP contribution in [0.3, 0.4) is 0 Å². The van der Waals surface area contributed by atoms with E-state index >= 15 is 0 Å². The average molecular weight is 254 g/mol. The molecule has 18 heavy (non-hydrogen) atoms. The number of aliphatic hydroxyl groups is 1. The Balaban J connectivity index is 2.87. The van der Waals surface area contributed by atoms with Crippen LogP contribution in [0.5, 0.6) is 11.5 Å². The van der Waals surface area contributed by atoms with Crippen LogP contribution in [0.1, 0.15) is 23.7 Å². The van der Waals surface area contributed by atoms with E-state index in [1.54, 1.807) is 6.92 Å². The summed E-state index contributed by atoms with van der Waals surface area (Å²) in [5, 5.41) is 18.0. The average Bonchev–Trinajstić information content (AvgIpc) is 2.32. The lowest BCUT2D eigenvalue weighted by molar-refractivity contribution is -0.135. The highest BCUT2D eigenvalue weighted by Gasteiger charge is 2.13. The molecule has 6 heteroatoms. The van der Waals surface area contributed by atoms with E-state index in [0.29, 0.717) is 0 Å². The summed E-state index contributed by atoms with van der Waals surface area (Å²) < 4.78 is 9.57. The zero-order valence-corrected chi connectivity index (χ0v) is 9.88. The molecule has 0 aliphatic heterocycles. The molecule has 0 spiro atoms. The minimum Gasteiger partial charge on any atom is -0.504 e. The van der Waals surface area contributed by atoms with Crippen LogP contribution in [-0.4, -0.2) is 35.4 Å². The van der Waals surface area contributed by atoms with Crippen LogP contribution in [0, 0.1) is 0 Å². The quantitative estimate of drug-likeness (QED) is 0.598. The number of phenolic OH excluding ortho intramolecular Hbond substituents is 1. The highest BCUT2D eigenvalue weighted by atomic mass is 16.5. The fourth-order valence-electron chi connectivity index (χ4n) is 1.20. The maximum absolute atomic E-state index is 11.4. The molecule has 0 atom stereocenters. The first-order valence-electron chi connectivity index (χ1n) is 5.40. The second-order valence-electron chi connectivity index (χ2n) is 3.35. The molecule has 1 aromatic rings. The van der Waals surface area contributed by atoms with Crippen molar-refractivity contribution in [2.24, 2.45) is 0 Å². The van der Waals surface area contributed by atoms with Crippen LogP contribution in [0.2, 0.25) is 0 Å². The molecule has 1 aromatic carbocycles. The maximum Gasteiger partial charge on any atom is 0.338 e. The van der Waals surface area contributed by atoms with Gasteiger partial charge in [0, 0.05) is 0 Å². The zero-order valence-electron chi connectivity index (χ0n) is 9.88. The Bertz CT molecular complexity index is 440. The number of phenols is 1. The molecule has 0 amide bonds. The molecule has 0 heterocycles. The van der Waals surface area contributed by atoms with Crippen LogP contribution < -0.4 is 4.74 Å². The fraction of sp³-hybridized carbons (Fsp3) is 0.333. The lowest BCUT2D eigenvalue weighted by atomic mass is 10.2. The van der Waals surface area contributed by atoms with Gasteiger partial charge in [-0.3, -0.25) is 4.79 Å². The van der Waals surface area contributed by atoms with E-state index < -0.39 is 11.9 Å². The number of hydrogen-bond acceptors (Lipinski definition) is 6. The van der Waals surface area contributed by atoms with E-state index in [1.807, 2.05) is 0 Å². The van der Waals surface area contributed by atoms with Gasteiger partial charge >= 0.3 is 11.9 Å². The van der Waals surface area contributed by atoms with Gasteiger partial charge in [-0.1, -0.05) is 0 Å². The minimum atomic E-state index is -0.700. The molecule has 0 radical (unpaired) electrons. The Morgan fingerprint density at radius 1 is 1.33 bits per heavy atom. The van der Waals surface area contributed by atoms with Crippen LogP contribution in [0.25, 0.3) is 0 Å². The Hall–Kier alpha value is -2.08. The highest BCUT2D eigenvalue weighted by molar-refractivity contribution is 5.90. The largest absolute Gasteiger partial charge is 0.504 e. The van der Waals surface area contributed by atoms with Gasteiger partial charge < -0.3 is 19.7 Å². The van der Waals surface area contributed by atoms with Crippen LogP contribution >= 0.6 is 0 Å². The van der Waals surface area contributed by atoms with E-state index in [0.717, 1.165) is 0 Å². The summed E-state index contributed by atoms with van der Waals surface area (Å²) >= 11 is 0. The van der Waals surface area contributed by atoms with Gasteiger partial charge in [0.05, 0.1) is 25.2 Å². The molecule has 1 rings (SSSR count). The minimum absolute atomic E-state index is 0.140. The van der Waals surface area contributed by atoms with Gasteiger partial charge in [-0.15, -0.1) is 0 Å². The molecule has 0 bridgehead atoms. The number of esters is 2. The first-order chi connectivity index (χ1) is 8.58. The predicted octanol–water partition coefficient (Wildman–Crippen LogP) is 0.857. The maximum atomic E-state index is 11.4. The number of benzene rings is 1. The standard InChI is InChI=1S/C12H14O6/c1-2-17-12(16)8-3-4-9(14)10(7-8)18-11(15)5-6-13/h3-4,7,13-14H,2,5-6H2,1H3. The molecule has 0 fully saturated rings. The number of hydrogen-bond donors (Lipinski definition) is 2. The summed E-state index contributed by atoms with van der Waals surface area (Å²) in [5.74, 6) is -1.68. The van der Waals surface area contributed by atoms with Gasteiger partial charge in [0.15, 0.2) is 11.5 Å². The number of ether oxygens (including phenoxy) is 2. The fourth-order valence-corrected chi connectivity index (χ4v) is 1.20. The Morgan fingerprint density at radius 3 is 2.67 bits per heavy atom. The SMILES string of the molecule is CCOC(=O)c1ccc(O)c(OC(=O)CCO)c1. The zero-order chi connectivity index (χ0) is 13.5. The second kappa shape index (κ2) is 6.61. The third-order valence-electron chi connectivity index (χ3n) is 2.01. The van der Waals surface area contributed by atoms with Gasteiger partial charge in [-0.25, -0.2) is 4.79 Å².